The molecule has 27 heavy (non-hydrogen) atoms. The molecular formula is C23H33NO3. The number of carbonyl (C=O) groups is 2. The SMILES string of the molecule is CCC(/C=C(/C)C[C@@H](CC)C(=O)N1C(=O)OC[C@@H]1Cc1ccccc1)CC. The number of cyclic esters (lactones) is 1. The van der Waals surface area contributed by atoms with E-state index < -0.39 is 6.09 Å². The molecule has 1 aromatic carbocycles. The van der Waals surface area contributed by atoms with E-state index in [1.165, 1.54) is 10.5 Å². The van der Waals surface area contributed by atoms with Gasteiger partial charge in [0, 0.05) is 5.92 Å². The number of ether oxygens (including phenoxy) is 1. The van der Waals surface area contributed by atoms with Crippen LogP contribution in [0.1, 0.15) is 58.9 Å². The normalized spacial score (nSPS) is 18.7. The van der Waals surface area contributed by atoms with Crippen LogP contribution in [0.15, 0.2) is 42.0 Å². The molecule has 1 saturated heterocycles. The standard InChI is InChI=1S/C23H33NO3/c1-5-18(6-2)13-17(4)14-20(7-3)22(25)24-21(16-27-23(24)26)15-19-11-9-8-10-12-19/h8-13,18,20-21H,5-7,14-16H2,1-4H3/b17-13-/t20-,21+/m1/s1. The molecule has 0 aliphatic carbocycles. The lowest BCUT2D eigenvalue weighted by molar-refractivity contribution is -0.133. The smallest absolute Gasteiger partial charge is 0.416 e. The van der Waals surface area contributed by atoms with E-state index in [2.05, 4.69) is 26.8 Å². The highest BCUT2D eigenvalue weighted by Gasteiger charge is 2.40. The second-order valence-corrected chi connectivity index (χ2v) is 7.53. The number of carbonyl (C=O) groups excluding carboxylic acids is 2. The molecule has 2 amide bonds. The largest absolute Gasteiger partial charge is 0.447 e. The summed E-state index contributed by atoms with van der Waals surface area (Å²) in [6.07, 6.45) is 6.06. The van der Waals surface area contributed by atoms with Gasteiger partial charge in [0.15, 0.2) is 0 Å². The van der Waals surface area contributed by atoms with Crippen LogP contribution < -0.4 is 0 Å². The monoisotopic (exact) mass is 371 g/mol. The van der Waals surface area contributed by atoms with Crippen LogP contribution in [0.2, 0.25) is 0 Å². The number of allylic oxidation sites excluding steroid dienone is 2. The average molecular weight is 372 g/mol. The predicted octanol–water partition coefficient (Wildman–Crippen LogP) is 5.38. The molecule has 1 fully saturated rings. The molecule has 0 aromatic heterocycles. The zero-order valence-corrected chi connectivity index (χ0v) is 17.1. The van der Waals surface area contributed by atoms with E-state index in [9.17, 15) is 9.59 Å². The zero-order chi connectivity index (χ0) is 19.8. The van der Waals surface area contributed by atoms with E-state index in [-0.39, 0.29) is 24.5 Å². The number of nitrogens with zero attached hydrogens (tertiary/aromatic N) is 1. The van der Waals surface area contributed by atoms with Gasteiger partial charge in [-0.05, 0) is 50.5 Å². The summed E-state index contributed by atoms with van der Waals surface area (Å²) in [5.74, 6) is 0.276. The first kappa shape index (κ1) is 21.2. The fourth-order valence-electron chi connectivity index (χ4n) is 3.75. The van der Waals surface area contributed by atoms with Crippen LogP contribution in [0.25, 0.3) is 0 Å². The van der Waals surface area contributed by atoms with Gasteiger partial charge in [-0.1, -0.05) is 62.8 Å². The molecule has 0 bridgehead atoms. The molecule has 4 heteroatoms. The molecule has 0 unspecified atom stereocenters. The molecular weight excluding hydrogens is 338 g/mol. The summed E-state index contributed by atoms with van der Waals surface area (Å²) < 4.78 is 5.22. The predicted molar refractivity (Wildman–Crippen MR) is 108 cm³/mol. The van der Waals surface area contributed by atoms with Crippen LogP contribution in [0.4, 0.5) is 4.79 Å². The molecule has 1 aliphatic rings. The summed E-state index contributed by atoms with van der Waals surface area (Å²) in [4.78, 5) is 26.8. The number of benzene rings is 1. The quantitative estimate of drug-likeness (QED) is 0.548. The number of hydrogen-bond donors (Lipinski definition) is 0. The molecule has 148 valence electrons. The molecule has 1 aliphatic heterocycles. The van der Waals surface area contributed by atoms with Gasteiger partial charge >= 0.3 is 6.09 Å². The van der Waals surface area contributed by atoms with E-state index in [0.717, 1.165) is 24.8 Å². The minimum Gasteiger partial charge on any atom is -0.447 e. The molecule has 1 aromatic rings. The van der Waals surface area contributed by atoms with Gasteiger partial charge in [-0.2, -0.15) is 0 Å². The topological polar surface area (TPSA) is 46.6 Å². The first-order valence-corrected chi connectivity index (χ1v) is 10.2. The summed E-state index contributed by atoms with van der Waals surface area (Å²) >= 11 is 0. The van der Waals surface area contributed by atoms with Gasteiger partial charge in [-0.25, -0.2) is 9.69 Å². The summed E-state index contributed by atoms with van der Waals surface area (Å²) in [5.41, 5.74) is 2.34. The Morgan fingerprint density at radius 2 is 1.85 bits per heavy atom. The van der Waals surface area contributed by atoms with Crippen LogP contribution >= 0.6 is 0 Å². The highest BCUT2D eigenvalue weighted by atomic mass is 16.6. The van der Waals surface area contributed by atoms with Crippen LogP contribution in [0.3, 0.4) is 0 Å². The summed E-state index contributed by atoms with van der Waals surface area (Å²) in [5, 5.41) is 0. The third kappa shape index (κ3) is 5.69. The average Bonchev–Trinajstić information content (AvgIpc) is 3.04. The lowest BCUT2D eigenvalue weighted by Crippen LogP contribution is -2.43. The Bertz CT molecular complexity index is 649. The molecule has 0 spiro atoms. The number of hydrogen-bond acceptors (Lipinski definition) is 3. The number of rotatable bonds is 9. The highest BCUT2D eigenvalue weighted by molar-refractivity contribution is 5.95. The van der Waals surface area contributed by atoms with Gasteiger partial charge in [0.05, 0.1) is 6.04 Å². The molecule has 0 N–H and O–H groups in total. The van der Waals surface area contributed by atoms with E-state index in [1.54, 1.807) is 0 Å². The maximum Gasteiger partial charge on any atom is 0.416 e. The Morgan fingerprint density at radius 3 is 2.44 bits per heavy atom. The minimum atomic E-state index is -0.499. The van der Waals surface area contributed by atoms with Crippen molar-refractivity contribution in [2.45, 2.75) is 65.8 Å². The van der Waals surface area contributed by atoms with Gasteiger partial charge < -0.3 is 4.74 Å². The third-order valence-electron chi connectivity index (χ3n) is 5.49. The van der Waals surface area contributed by atoms with Gasteiger partial charge in [-0.15, -0.1) is 0 Å². The van der Waals surface area contributed by atoms with Crippen molar-refractivity contribution < 1.29 is 14.3 Å². The van der Waals surface area contributed by atoms with Crippen molar-refractivity contribution in [2.75, 3.05) is 6.61 Å². The second kappa shape index (κ2) is 10.3. The lowest BCUT2D eigenvalue weighted by atomic mass is 9.92. The van der Waals surface area contributed by atoms with Crippen molar-refractivity contribution in [1.82, 2.24) is 4.90 Å². The molecule has 4 nitrogen and oxygen atoms in total. The van der Waals surface area contributed by atoms with E-state index in [0.29, 0.717) is 18.8 Å². The molecule has 1 heterocycles. The Kier molecular flexibility index (Phi) is 8.08. The Balaban J connectivity index is 2.10. The Morgan fingerprint density at radius 1 is 1.19 bits per heavy atom. The molecule has 0 radical (unpaired) electrons. The van der Waals surface area contributed by atoms with Crippen molar-refractivity contribution in [2.24, 2.45) is 11.8 Å². The Hall–Kier alpha value is -2.10. The zero-order valence-electron chi connectivity index (χ0n) is 17.1. The molecule has 0 saturated carbocycles. The second-order valence-electron chi connectivity index (χ2n) is 7.53. The number of amides is 2. The fraction of sp³-hybridized carbons (Fsp3) is 0.565. The van der Waals surface area contributed by atoms with Gasteiger partial charge in [0.1, 0.15) is 6.61 Å². The van der Waals surface area contributed by atoms with E-state index in [4.69, 9.17) is 4.74 Å². The maximum atomic E-state index is 13.1. The van der Waals surface area contributed by atoms with Crippen molar-refractivity contribution in [3.63, 3.8) is 0 Å². The van der Waals surface area contributed by atoms with Crippen molar-refractivity contribution >= 4 is 12.0 Å². The fourth-order valence-corrected chi connectivity index (χ4v) is 3.75. The molecule has 2 atom stereocenters. The Labute approximate surface area is 163 Å². The van der Waals surface area contributed by atoms with Crippen LogP contribution in [0.5, 0.6) is 0 Å². The highest BCUT2D eigenvalue weighted by Crippen LogP contribution is 2.25. The summed E-state index contributed by atoms with van der Waals surface area (Å²) in [6.45, 7) is 8.76. The lowest BCUT2D eigenvalue weighted by Gasteiger charge is -2.25. The van der Waals surface area contributed by atoms with Gasteiger partial charge in [0.2, 0.25) is 5.91 Å². The van der Waals surface area contributed by atoms with Crippen LogP contribution in [-0.2, 0) is 16.0 Å². The maximum absolute atomic E-state index is 13.1. The summed E-state index contributed by atoms with van der Waals surface area (Å²) in [6, 6.07) is 9.73. The third-order valence-corrected chi connectivity index (χ3v) is 5.49. The molecule has 2 rings (SSSR count). The van der Waals surface area contributed by atoms with Crippen LogP contribution in [0, 0.1) is 11.8 Å². The number of imide groups is 1. The first-order chi connectivity index (χ1) is 13.0. The van der Waals surface area contributed by atoms with Gasteiger partial charge in [-0.3, -0.25) is 4.79 Å². The van der Waals surface area contributed by atoms with Gasteiger partial charge in [0.25, 0.3) is 0 Å². The van der Waals surface area contributed by atoms with E-state index in [1.807, 2.05) is 37.3 Å². The van der Waals surface area contributed by atoms with Crippen molar-refractivity contribution in [3.05, 3.63) is 47.5 Å². The summed E-state index contributed by atoms with van der Waals surface area (Å²) in [7, 11) is 0. The van der Waals surface area contributed by atoms with E-state index >= 15 is 0 Å². The van der Waals surface area contributed by atoms with Crippen molar-refractivity contribution in [1.29, 1.82) is 0 Å². The van der Waals surface area contributed by atoms with Crippen molar-refractivity contribution in [3.8, 4) is 0 Å². The minimum absolute atomic E-state index is 0.0989. The first-order valence-electron chi connectivity index (χ1n) is 10.2. The van der Waals surface area contributed by atoms with Crippen LogP contribution in [-0.4, -0.2) is 29.5 Å².